The lowest BCUT2D eigenvalue weighted by Gasteiger charge is -2.27. The molecule has 3 rings (SSSR count). The van der Waals surface area contributed by atoms with Gasteiger partial charge in [0, 0.05) is 6.42 Å². The highest BCUT2D eigenvalue weighted by atomic mass is 16.7. The number of unbranched alkanes of at least 4 members (excludes halogenated alkanes) is 1. The summed E-state index contributed by atoms with van der Waals surface area (Å²) in [6, 6.07) is 9.59. The van der Waals surface area contributed by atoms with Crippen molar-refractivity contribution in [1.82, 2.24) is 5.48 Å². The van der Waals surface area contributed by atoms with Gasteiger partial charge in [-0.15, -0.1) is 0 Å². The van der Waals surface area contributed by atoms with E-state index in [9.17, 15) is 9.59 Å². The van der Waals surface area contributed by atoms with Gasteiger partial charge in [0.2, 0.25) is 0 Å². The average Bonchev–Trinajstić information content (AvgIpc) is 3.33. The zero-order valence-electron chi connectivity index (χ0n) is 17.2. The van der Waals surface area contributed by atoms with E-state index in [1.54, 1.807) is 0 Å². The Morgan fingerprint density at radius 1 is 1.13 bits per heavy atom. The lowest BCUT2D eigenvalue weighted by atomic mass is 9.76. The number of benzene rings is 1. The van der Waals surface area contributed by atoms with Gasteiger partial charge in [-0.05, 0) is 55.9 Å². The molecule has 1 aromatic rings. The van der Waals surface area contributed by atoms with Crippen LogP contribution < -0.4 is 5.48 Å². The third-order valence-corrected chi connectivity index (χ3v) is 5.85. The van der Waals surface area contributed by atoms with Crippen LogP contribution in [0.4, 0.5) is 4.79 Å². The van der Waals surface area contributed by atoms with Crippen LogP contribution >= 0.6 is 0 Å². The molecule has 2 bridgehead atoms. The first-order chi connectivity index (χ1) is 14.6. The Bertz CT molecular complexity index is 707. The van der Waals surface area contributed by atoms with Crippen molar-refractivity contribution < 1.29 is 29.0 Å². The molecule has 0 aromatic heterocycles. The van der Waals surface area contributed by atoms with Crippen molar-refractivity contribution in [2.24, 2.45) is 11.8 Å². The second-order valence-electron chi connectivity index (χ2n) is 7.91. The summed E-state index contributed by atoms with van der Waals surface area (Å²) in [5.74, 6) is 0.0605. The summed E-state index contributed by atoms with van der Waals surface area (Å²) in [6.07, 6.45) is 9.68. The van der Waals surface area contributed by atoms with Crippen molar-refractivity contribution in [3.05, 3.63) is 48.0 Å². The lowest BCUT2D eigenvalue weighted by molar-refractivity contribution is -0.137. The van der Waals surface area contributed by atoms with Crippen molar-refractivity contribution in [1.29, 1.82) is 0 Å². The number of carboxylic acid groups (broad SMARTS) is 1. The Hall–Kier alpha value is -2.38. The summed E-state index contributed by atoms with van der Waals surface area (Å²) in [5, 5.41) is 8.68. The Labute approximate surface area is 177 Å². The predicted octanol–water partition coefficient (Wildman–Crippen LogP) is 4.23. The van der Waals surface area contributed by atoms with Gasteiger partial charge in [0.15, 0.2) is 0 Å². The van der Waals surface area contributed by atoms with Gasteiger partial charge in [-0.25, -0.2) is 4.79 Å². The Morgan fingerprint density at radius 2 is 1.90 bits per heavy atom. The zero-order chi connectivity index (χ0) is 21.2. The van der Waals surface area contributed by atoms with Gasteiger partial charge in [0.05, 0.1) is 25.4 Å². The number of allylic oxidation sites excluding steroid dienone is 2. The highest BCUT2D eigenvalue weighted by Gasteiger charge is 2.47. The fourth-order valence-corrected chi connectivity index (χ4v) is 4.41. The monoisotopic (exact) mass is 417 g/mol. The third kappa shape index (κ3) is 6.85. The van der Waals surface area contributed by atoms with E-state index in [2.05, 4.69) is 17.6 Å². The number of hydroxylamine groups is 1. The van der Waals surface area contributed by atoms with E-state index in [-0.39, 0.29) is 25.2 Å². The molecule has 0 radical (unpaired) electrons. The van der Waals surface area contributed by atoms with E-state index in [1.165, 1.54) is 0 Å². The number of amides is 1. The Kier molecular flexibility index (Phi) is 8.71. The normalized spacial score (nSPS) is 24.9. The standard InChI is InChI=1S/C23H31NO6/c25-22(26)11-7-2-1-6-10-18-19(21-13-12-20(18)30-21)14-15-28-23(27)24-29-16-17-8-4-3-5-9-17/h1,3-6,8-9,18-21H,2,7,10-16H2,(H,24,27)(H,25,26)/b6-1-/t18-,19+,20-,21+/m1/s1. The zero-order valence-corrected chi connectivity index (χ0v) is 17.2. The highest BCUT2D eigenvalue weighted by molar-refractivity contribution is 5.66. The summed E-state index contributed by atoms with van der Waals surface area (Å²) in [4.78, 5) is 27.6. The van der Waals surface area contributed by atoms with E-state index in [0.29, 0.717) is 24.9 Å². The molecule has 2 heterocycles. The van der Waals surface area contributed by atoms with Crippen LogP contribution in [0.2, 0.25) is 0 Å². The van der Waals surface area contributed by atoms with Crippen LogP contribution in [0.1, 0.15) is 50.5 Å². The van der Waals surface area contributed by atoms with Crippen LogP contribution in [-0.4, -0.2) is 36.0 Å². The smallest absolute Gasteiger partial charge is 0.431 e. The fourth-order valence-electron chi connectivity index (χ4n) is 4.41. The maximum Gasteiger partial charge on any atom is 0.431 e. The first kappa shape index (κ1) is 22.3. The average molecular weight is 418 g/mol. The molecule has 2 saturated heterocycles. The minimum atomic E-state index is -0.750. The summed E-state index contributed by atoms with van der Waals surface area (Å²) < 4.78 is 11.4. The fraction of sp³-hybridized carbons (Fsp3) is 0.565. The van der Waals surface area contributed by atoms with E-state index in [0.717, 1.165) is 37.7 Å². The minimum absolute atomic E-state index is 0.207. The molecule has 2 N–H and O–H groups in total. The van der Waals surface area contributed by atoms with Gasteiger partial charge in [0.25, 0.3) is 0 Å². The summed E-state index contributed by atoms with van der Waals surface area (Å²) in [6.45, 7) is 0.619. The summed E-state index contributed by atoms with van der Waals surface area (Å²) in [5.41, 5.74) is 3.29. The molecule has 4 atom stereocenters. The number of aliphatic carboxylic acids is 1. The van der Waals surface area contributed by atoms with Crippen LogP contribution in [0, 0.1) is 11.8 Å². The highest BCUT2D eigenvalue weighted by Crippen LogP contribution is 2.46. The van der Waals surface area contributed by atoms with Crippen LogP contribution in [0.25, 0.3) is 0 Å². The molecule has 164 valence electrons. The maximum atomic E-state index is 11.8. The number of hydrogen-bond donors (Lipinski definition) is 2. The molecule has 0 aliphatic carbocycles. The molecule has 0 spiro atoms. The number of nitrogens with one attached hydrogen (secondary N) is 1. The number of rotatable bonds is 12. The van der Waals surface area contributed by atoms with Gasteiger partial charge in [-0.1, -0.05) is 42.5 Å². The summed E-state index contributed by atoms with van der Waals surface area (Å²) in [7, 11) is 0. The van der Waals surface area contributed by atoms with E-state index in [4.69, 9.17) is 19.4 Å². The summed E-state index contributed by atoms with van der Waals surface area (Å²) >= 11 is 0. The largest absolute Gasteiger partial charge is 0.481 e. The van der Waals surface area contributed by atoms with Gasteiger partial charge in [-0.3, -0.25) is 9.63 Å². The molecule has 7 nitrogen and oxygen atoms in total. The molecule has 2 aliphatic heterocycles. The van der Waals surface area contributed by atoms with Crippen molar-refractivity contribution >= 4 is 12.1 Å². The topological polar surface area (TPSA) is 94.1 Å². The van der Waals surface area contributed by atoms with Crippen molar-refractivity contribution in [2.75, 3.05) is 6.61 Å². The Balaban J connectivity index is 1.33. The Morgan fingerprint density at radius 3 is 2.67 bits per heavy atom. The van der Waals surface area contributed by atoms with Gasteiger partial charge < -0.3 is 14.6 Å². The molecule has 2 aliphatic rings. The van der Waals surface area contributed by atoms with Gasteiger partial charge in [-0.2, -0.15) is 5.48 Å². The number of ether oxygens (including phenoxy) is 2. The number of hydrogen-bond acceptors (Lipinski definition) is 5. The molecule has 7 heteroatoms. The second kappa shape index (κ2) is 11.7. The maximum absolute atomic E-state index is 11.8. The number of carbonyl (C=O) groups excluding carboxylic acids is 1. The van der Waals surface area contributed by atoms with Crippen LogP contribution in [-0.2, 0) is 25.7 Å². The molecule has 0 saturated carbocycles. The third-order valence-electron chi connectivity index (χ3n) is 5.85. The van der Waals surface area contributed by atoms with Gasteiger partial charge >= 0.3 is 12.1 Å². The molecule has 1 aromatic carbocycles. The van der Waals surface area contributed by atoms with Crippen LogP contribution in [0.15, 0.2) is 42.5 Å². The van der Waals surface area contributed by atoms with Crippen LogP contribution in [0.3, 0.4) is 0 Å². The van der Waals surface area contributed by atoms with Gasteiger partial charge in [0.1, 0.15) is 0 Å². The minimum Gasteiger partial charge on any atom is -0.481 e. The van der Waals surface area contributed by atoms with Crippen molar-refractivity contribution in [3.8, 4) is 0 Å². The first-order valence-electron chi connectivity index (χ1n) is 10.7. The van der Waals surface area contributed by atoms with E-state index >= 15 is 0 Å². The lowest BCUT2D eigenvalue weighted by Crippen LogP contribution is -2.30. The molecule has 0 unspecified atom stereocenters. The van der Waals surface area contributed by atoms with Crippen LogP contribution in [0.5, 0.6) is 0 Å². The number of carboxylic acids is 1. The second-order valence-corrected chi connectivity index (χ2v) is 7.91. The van der Waals surface area contributed by atoms with Crippen molar-refractivity contribution in [2.45, 2.75) is 63.8 Å². The van der Waals surface area contributed by atoms with E-state index < -0.39 is 12.1 Å². The first-order valence-corrected chi connectivity index (χ1v) is 10.7. The van der Waals surface area contributed by atoms with Crippen molar-refractivity contribution in [3.63, 3.8) is 0 Å². The SMILES string of the molecule is O=C(O)CCC/C=C\C[C@@H]1[C@H](CCOC(=O)NOCc2ccccc2)[C@@H]2CC[C@H]1O2. The molecule has 1 amide bonds. The number of fused-ring (bicyclic) bond motifs is 2. The number of carbonyl (C=O) groups is 2. The molecular formula is C23H31NO6. The molecular weight excluding hydrogens is 386 g/mol. The quantitative estimate of drug-likeness (QED) is 0.300. The molecule has 2 fully saturated rings. The molecule has 30 heavy (non-hydrogen) atoms. The van der Waals surface area contributed by atoms with E-state index in [1.807, 2.05) is 30.3 Å². The predicted molar refractivity (Wildman–Crippen MR) is 110 cm³/mol.